The maximum absolute atomic E-state index is 12.6. The Bertz CT molecular complexity index is 962. The zero-order chi connectivity index (χ0) is 19.5. The summed E-state index contributed by atoms with van der Waals surface area (Å²) in [6.45, 7) is 3.99. The fourth-order valence-electron chi connectivity index (χ4n) is 3.54. The molecule has 2 heterocycles. The van der Waals surface area contributed by atoms with Crippen molar-refractivity contribution in [3.05, 3.63) is 41.5 Å². The van der Waals surface area contributed by atoms with E-state index in [1.165, 1.54) is 23.7 Å². The number of nitrogens with zero attached hydrogens (tertiary/aromatic N) is 2. The molecule has 1 aliphatic rings. The van der Waals surface area contributed by atoms with Gasteiger partial charge in [-0.15, -0.1) is 11.3 Å². The first-order valence-electron chi connectivity index (χ1n) is 9.78. The summed E-state index contributed by atoms with van der Waals surface area (Å²) in [5.41, 5.74) is 3.50. The number of thioether (sulfide) groups is 1. The third-order valence-electron chi connectivity index (χ3n) is 5.15. The van der Waals surface area contributed by atoms with Gasteiger partial charge in [0, 0.05) is 10.9 Å². The first kappa shape index (κ1) is 19.4. The molecule has 4 rings (SSSR count). The molecule has 0 aliphatic heterocycles. The minimum atomic E-state index is -0.300. The van der Waals surface area contributed by atoms with Gasteiger partial charge in [0.1, 0.15) is 27.5 Å². The molecular formula is C22H24N2O2S2. The van der Waals surface area contributed by atoms with E-state index in [9.17, 15) is 4.79 Å². The molecule has 0 N–H and O–H groups in total. The monoisotopic (exact) mass is 412 g/mol. The van der Waals surface area contributed by atoms with Gasteiger partial charge in [0.25, 0.3) is 0 Å². The number of fused-ring (bicyclic) bond motifs is 1. The van der Waals surface area contributed by atoms with E-state index in [0.717, 1.165) is 52.1 Å². The van der Waals surface area contributed by atoms with E-state index in [-0.39, 0.29) is 17.3 Å². The van der Waals surface area contributed by atoms with Gasteiger partial charge in [-0.2, -0.15) is 0 Å². The molecule has 0 radical (unpaired) electrons. The molecule has 0 unspecified atom stereocenters. The third kappa shape index (κ3) is 4.23. The second kappa shape index (κ2) is 8.62. The predicted molar refractivity (Wildman–Crippen MR) is 116 cm³/mol. The lowest BCUT2D eigenvalue weighted by atomic mass is 9.98. The van der Waals surface area contributed by atoms with Crippen LogP contribution in [-0.2, 0) is 9.53 Å². The van der Waals surface area contributed by atoms with Gasteiger partial charge in [0.05, 0.1) is 5.39 Å². The van der Waals surface area contributed by atoms with Crippen molar-refractivity contribution in [1.82, 2.24) is 9.97 Å². The summed E-state index contributed by atoms with van der Waals surface area (Å²) in [6, 6.07) is 8.47. The van der Waals surface area contributed by atoms with Crippen molar-refractivity contribution >= 4 is 39.3 Å². The molecule has 6 heteroatoms. The number of esters is 1. The van der Waals surface area contributed by atoms with Crippen LogP contribution < -0.4 is 0 Å². The van der Waals surface area contributed by atoms with Crippen LogP contribution in [0.15, 0.2) is 41.0 Å². The molecular weight excluding hydrogens is 388 g/mol. The maximum Gasteiger partial charge on any atom is 0.319 e. The first-order chi connectivity index (χ1) is 13.6. The Labute approximate surface area is 173 Å². The Hall–Kier alpha value is -1.92. The Morgan fingerprint density at radius 2 is 1.93 bits per heavy atom. The molecule has 146 valence electrons. The van der Waals surface area contributed by atoms with Crippen molar-refractivity contribution in [3.8, 4) is 11.1 Å². The molecule has 3 aromatic rings. The predicted octanol–water partition coefficient (Wildman–Crippen LogP) is 6.02. The third-order valence-corrected chi connectivity index (χ3v) is 7.12. The summed E-state index contributed by atoms with van der Waals surface area (Å²) in [7, 11) is 0. The average molecular weight is 413 g/mol. The van der Waals surface area contributed by atoms with Crippen LogP contribution in [0, 0.1) is 6.92 Å². The standard InChI is InChI=1S/C22H24N2O2S2/c1-14-8-10-16(11-9-14)18-12-27-20-19(18)21(24-13-23-20)28-15(2)22(25)26-17-6-4-3-5-7-17/h8-13,15,17H,3-7H2,1-2H3/t15-/m0/s1. The SMILES string of the molecule is Cc1ccc(-c2csc3ncnc(S[C@@H](C)C(=O)OC4CCCCC4)c23)cc1. The zero-order valence-electron chi connectivity index (χ0n) is 16.2. The maximum atomic E-state index is 12.6. The molecule has 4 nitrogen and oxygen atoms in total. The quantitative estimate of drug-likeness (QED) is 0.291. The molecule has 0 bridgehead atoms. The average Bonchev–Trinajstić information content (AvgIpc) is 3.14. The van der Waals surface area contributed by atoms with Crippen LogP contribution in [-0.4, -0.2) is 27.3 Å². The molecule has 2 aromatic heterocycles. The lowest BCUT2D eigenvalue weighted by Gasteiger charge is -2.23. The van der Waals surface area contributed by atoms with Crippen LogP contribution in [0.1, 0.15) is 44.6 Å². The van der Waals surface area contributed by atoms with Crippen molar-refractivity contribution in [2.75, 3.05) is 0 Å². The second-order valence-electron chi connectivity index (χ2n) is 7.33. The smallest absolute Gasteiger partial charge is 0.319 e. The number of hydrogen-bond donors (Lipinski definition) is 0. The Kier molecular flexibility index (Phi) is 5.97. The Morgan fingerprint density at radius 1 is 1.18 bits per heavy atom. The fraction of sp³-hybridized carbons (Fsp3) is 0.409. The number of ether oxygens (including phenoxy) is 1. The van der Waals surface area contributed by atoms with E-state index in [1.54, 1.807) is 17.7 Å². The minimum Gasteiger partial charge on any atom is -0.462 e. The number of aryl methyl sites for hydroxylation is 1. The summed E-state index contributed by atoms with van der Waals surface area (Å²) in [6.07, 6.45) is 7.20. The molecule has 1 fully saturated rings. The normalized spacial score (nSPS) is 16.2. The highest BCUT2D eigenvalue weighted by molar-refractivity contribution is 8.00. The number of hydrogen-bond acceptors (Lipinski definition) is 6. The molecule has 0 amide bonds. The van der Waals surface area contributed by atoms with E-state index in [0.29, 0.717) is 0 Å². The first-order valence-corrected chi connectivity index (χ1v) is 11.5. The number of benzene rings is 1. The Balaban J connectivity index is 1.57. The minimum absolute atomic E-state index is 0.0824. The van der Waals surface area contributed by atoms with Crippen LogP contribution in [0.3, 0.4) is 0 Å². The van der Waals surface area contributed by atoms with Crippen molar-refractivity contribution in [1.29, 1.82) is 0 Å². The summed E-state index contributed by atoms with van der Waals surface area (Å²) >= 11 is 3.08. The molecule has 0 spiro atoms. The number of rotatable bonds is 5. The van der Waals surface area contributed by atoms with Crippen molar-refractivity contribution in [3.63, 3.8) is 0 Å². The van der Waals surface area contributed by atoms with Gasteiger partial charge in [-0.05, 0) is 45.1 Å². The van der Waals surface area contributed by atoms with Crippen LogP contribution >= 0.6 is 23.1 Å². The summed E-state index contributed by atoms with van der Waals surface area (Å²) in [5, 5.41) is 3.69. The lowest BCUT2D eigenvalue weighted by Crippen LogP contribution is -2.26. The van der Waals surface area contributed by atoms with Crippen LogP contribution in [0.2, 0.25) is 0 Å². The van der Waals surface area contributed by atoms with Crippen molar-refractivity contribution < 1.29 is 9.53 Å². The molecule has 1 aromatic carbocycles. The van der Waals surface area contributed by atoms with Gasteiger partial charge in [-0.25, -0.2) is 9.97 Å². The number of carbonyl (C=O) groups is 1. The molecule has 0 saturated heterocycles. The van der Waals surface area contributed by atoms with Gasteiger partial charge in [-0.1, -0.05) is 48.0 Å². The van der Waals surface area contributed by atoms with E-state index in [2.05, 4.69) is 46.5 Å². The van der Waals surface area contributed by atoms with Crippen molar-refractivity contribution in [2.24, 2.45) is 0 Å². The number of carbonyl (C=O) groups excluding carboxylic acids is 1. The second-order valence-corrected chi connectivity index (χ2v) is 9.52. The van der Waals surface area contributed by atoms with Gasteiger partial charge in [0.15, 0.2) is 0 Å². The molecule has 28 heavy (non-hydrogen) atoms. The molecule has 1 aliphatic carbocycles. The van der Waals surface area contributed by atoms with Crippen molar-refractivity contribution in [2.45, 2.75) is 62.3 Å². The largest absolute Gasteiger partial charge is 0.462 e. The number of aromatic nitrogens is 2. The van der Waals surface area contributed by atoms with Crippen LogP contribution in [0.4, 0.5) is 0 Å². The summed E-state index contributed by atoms with van der Waals surface area (Å²) in [4.78, 5) is 22.5. The highest BCUT2D eigenvalue weighted by Gasteiger charge is 2.24. The lowest BCUT2D eigenvalue weighted by molar-refractivity contribution is -0.149. The number of thiophene rings is 1. The highest BCUT2D eigenvalue weighted by atomic mass is 32.2. The molecule has 1 atom stereocenters. The van der Waals surface area contributed by atoms with Gasteiger partial charge >= 0.3 is 5.97 Å². The summed E-state index contributed by atoms with van der Waals surface area (Å²) < 4.78 is 5.75. The van der Waals surface area contributed by atoms with E-state index in [4.69, 9.17) is 4.74 Å². The van der Waals surface area contributed by atoms with Crippen LogP contribution in [0.5, 0.6) is 0 Å². The van der Waals surface area contributed by atoms with E-state index in [1.807, 2.05) is 6.92 Å². The van der Waals surface area contributed by atoms with E-state index < -0.39 is 0 Å². The van der Waals surface area contributed by atoms with E-state index >= 15 is 0 Å². The molecule has 1 saturated carbocycles. The zero-order valence-corrected chi connectivity index (χ0v) is 17.8. The van der Waals surface area contributed by atoms with Gasteiger partial charge < -0.3 is 4.74 Å². The Morgan fingerprint density at radius 3 is 2.68 bits per heavy atom. The summed E-state index contributed by atoms with van der Waals surface area (Å²) in [5.74, 6) is -0.143. The fourth-order valence-corrected chi connectivity index (χ4v) is 5.44. The highest BCUT2D eigenvalue weighted by Crippen LogP contribution is 2.39. The van der Waals surface area contributed by atoms with Gasteiger partial charge in [-0.3, -0.25) is 4.79 Å². The van der Waals surface area contributed by atoms with Crippen LogP contribution in [0.25, 0.3) is 21.3 Å². The van der Waals surface area contributed by atoms with Gasteiger partial charge in [0.2, 0.25) is 0 Å². The topological polar surface area (TPSA) is 52.1 Å².